The Morgan fingerprint density at radius 2 is 1.88 bits per heavy atom. The van der Waals surface area contributed by atoms with Gasteiger partial charge in [-0.25, -0.2) is 5.43 Å². The summed E-state index contributed by atoms with van der Waals surface area (Å²) in [5.41, 5.74) is 3.78. The van der Waals surface area contributed by atoms with Crippen molar-refractivity contribution in [2.24, 2.45) is 5.10 Å². The van der Waals surface area contributed by atoms with Gasteiger partial charge in [-0.05, 0) is 56.3 Å². The highest BCUT2D eigenvalue weighted by molar-refractivity contribution is 6.01. The molecule has 0 aliphatic heterocycles. The molecule has 0 aromatic heterocycles. The molecule has 0 bridgehead atoms. The number of benzene rings is 2. The molecule has 2 rings (SSSR count). The number of carbonyl (C=O) groups is 1. The average molecular weight is 353 g/mol. The number of nitrogens with zero attached hydrogens (tertiary/aromatic N) is 2. The summed E-state index contributed by atoms with van der Waals surface area (Å²) in [6.45, 7) is 3.24. The number of methoxy groups -OCH3 is 1. The third-order valence-corrected chi connectivity index (χ3v) is 3.59. The summed E-state index contributed by atoms with van der Waals surface area (Å²) in [5.74, 6) is 0.619. The molecular formula is C19H19N3O4. The SMILES string of the molecule is COc1ccc(O)c(/C(C)=N/NC(=O)C(C)Oc2ccc(C#N)cc2)c1. The Morgan fingerprint density at radius 3 is 2.50 bits per heavy atom. The van der Waals surface area contributed by atoms with Gasteiger partial charge < -0.3 is 14.6 Å². The van der Waals surface area contributed by atoms with Crippen molar-refractivity contribution >= 4 is 11.6 Å². The van der Waals surface area contributed by atoms with Crippen LogP contribution in [0.1, 0.15) is 25.0 Å². The zero-order valence-corrected chi connectivity index (χ0v) is 14.7. The minimum Gasteiger partial charge on any atom is -0.507 e. The maximum Gasteiger partial charge on any atom is 0.280 e. The molecule has 0 aliphatic rings. The van der Waals surface area contributed by atoms with Crippen LogP contribution in [0.25, 0.3) is 0 Å². The second kappa shape index (κ2) is 8.53. The molecule has 0 radical (unpaired) electrons. The Balaban J connectivity index is 2.01. The Kier molecular flexibility index (Phi) is 6.17. The number of aromatic hydroxyl groups is 1. The highest BCUT2D eigenvalue weighted by Crippen LogP contribution is 2.23. The van der Waals surface area contributed by atoms with Gasteiger partial charge in [0.15, 0.2) is 6.10 Å². The van der Waals surface area contributed by atoms with Gasteiger partial charge in [0.25, 0.3) is 5.91 Å². The van der Waals surface area contributed by atoms with E-state index in [1.54, 1.807) is 50.2 Å². The van der Waals surface area contributed by atoms with Crippen molar-refractivity contribution in [3.63, 3.8) is 0 Å². The minimum atomic E-state index is -0.793. The van der Waals surface area contributed by atoms with Crippen molar-refractivity contribution in [1.29, 1.82) is 5.26 Å². The Hall–Kier alpha value is -3.53. The first-order valence-electron chi connectivity index (χ1n) is 7.83. The average Bonchev–Trinajstić information content (AvgIpc) is 2.66. The summed E-state index contributed by atoms with van der Waals surface area (Å²) in [6, 6.07) is 13.2. The van der Waals surface area contributed by atoms with Crippen LogP contribution in [0.4, 0.5) is 0 Å². The lowest BCUT2D eigenvalue weighted by molar-refractivity contribution is -0.127. The number of phenolic OH excluding ortho intramolecular Hbond substituents is 1. The smallest absolute Gasteiger partial charge is 0.280 e. The number of ether oxygens (including phenoxy) is 2. The van der Waals surface area contributed by atoms with Crippen LogP contribution in [-0.2, 0) is 4.79 Å². The number of amides is 1. The fourth-order valence-electron chi connectivity index (χ4n) is 2.09. The Morgan fingerprint density at radius 1 is 1.23 bits per heavy atom. The van der Waals surface area contributed by atoms with Crippen LogP contribution in [-0.4, -0.2) is 29.9 Å². The molecule has 0 saturated heterocycles. The molecule has 0 spiro atoms. The summed E-state index contributed by atoms with van der Waals surface area (Å²) < 4.78 is 10.6. The van der Waals surface area contributed by atoms with E-state index in [2.05, 4.69) is 10.5 Å². The van der Waals surface area contributed by atoms with Crippen molar-refractivity contribution in [3.8, 4) is 23.3 Å². The fourth-order valence-corrected chi connectivity index (χ4v) is 2.09. The fraction of sp³-hybridized carbons (Fsp3) is 0.211. The van der Waals surface area contributed by atoms with Gasteiger partial charge in [0.05, 0.1) is 24.5 Å². The monoisotopic (exact) mass is 353 g/mol. The van der Waals surface area contributed by atoms with Gasteiger partial charge in [0.2, 0.25) is 0 Å². The normalized spacial score (nSPS) is 12.0. The summed E-state index contributed by atoms with van der Waals surface area (Å²) in [7, 11) is 1.52. The largest absolute Gasteiger partial charge is 0.507 e. The van der Waals surface area contributed by atoms with Gasteiger partial charge in [-0.1, -0.05) is 0 Å². The van der Waals surface area contributed by atoms with Gasteiger partial charge in [-0.15, -0.1) is 0 Å². The van der Waals surface area contributed by atoms with Crippen LogP contribution in [0.3, 0.4) is 0 Å². The molecule has 26 heavy (non-hydrogen) atoms. The first kappa shape index (κ1) is 18.8. The van der Waals surface area contributed by atoms with E-state index in [1.807, 2.05) is 6.07 Å². The van der Waals surface area contributed by atoms with Crippen molar-refractivity contribution in [2.75, 3.05) is 7.11 Å². The highest BCUT2D eigenvalue weighted by Gasteiger charge is 2.15. The Bertz CT molecular complexity index is 854. The van der Waals surface area contributed by atoms with Crippen molar-refractivity contribution < 1.29 is 19.4 Å². The van der Waals surface area contributed by atoms with Crippen LogP contribution in [0.5, 0.6) is 17.2 Å². The number of hydrogen-bond donors (Lipinski definition) is 2. The molecule has 1 unspecified atom stereocenters. The van der Waals surface area contributed by atoms with E-state index in [4.69, 9.17) is 14.7 Å². The minimum absolute atomic E-state index is 0.0307. The molecule has 7 nitrogen and oxygen atoms in total. The maximum absolute atomic E-state index is 12.1. The Labute approximate surface area is 151 Å². The molecule has 2 aromatic carbocycles. The van der Waals surface area contributed by atoms with Crippen LogP contribution >= 0.6 is 0 Å². The third-order valence-electron chi connectivity index (χ3n) is 3.59. The molecule has 1 amide bonds. The quantitative estimate of drug-likeness (QED) is 0.613. The first-order chi connectivity index (χ1) is 12.4. The van der Waals surface area contributed by atoms with Gasteiger partial charge in [-0.3, -0.25) is 4.79 Å². The zero-order chi connectivity index (χ0) is 19.1. The lowest BCUT2D eigenvalue weighted by atomic mass is 10.1. The zero-order valence-electron chi connectivity index (χ0n) is 14.7. The predicted octanol–water partition coefficient (Wildman–Crippen LogP) is 2.58. The molecule has 134 valence electrons. The van der Waals surface area contributed by atoms with E-state index in [-0.39, 0.29) is 5.75 Å². The number of carbonyl (C=O) groups excluding carboxylic acids is 1. The number of nitrogens with one attached hydrogen (secondary N) is 1. The number of hydrogen-bond acceptors (Lipinski definition) is 6. The van der Waals surface area contributed by atoms with Crippen LogP contribution < -0.4 is 14.9 Å². The third kappa shape index (κ3) is 4.74. The molecule has 0 heterocycles. The van der Waals surface area contributed by atoms with Gasteiger partial charge in [0, 0.05) is 5.56 Å². The highest BCUT2D eigenvalue weighted by atomic mass is 16.5. The van der Waals surface area contributed by atoms with E-state index in [0.29, 0.717) is 28.3 Å². The topological polar surface area (TPSA) is 104 Å². The van der Waals surface area contributed by atoms with Gasteiger partial charge in [0.1, 0.15) is 17.2 Å². The standard InChI is InChI=1S/C19H19N3O4/c1-12(17-10-16(25-3)8-9-18(17)23)21-22-19(24)13(2)26-15-6-4-14(11-20)5-7-15/h4-10,13,23H,1-3H3,(H,22,24)/b21-12+. The summed E-state index contributed by atoms with van der Waals surface area (Å²) in [4.78, 5) is 12.1. The molecule has 2 aromatic rings. The van der Waals surface area contributed by atoms with Crippen molar-refractivity contribution in [2.45, 2.75) is 20.0 Å². The summed E-state index contributed by atoms with van der Waals surface area (Å²) in [5, 5.41) is 22.7. The second-order valence-electron chi connectivity index (χ2n) is 5.45. The number of hydrazone groups is 1. The summed E-state index contributed by atoms with van der Waals surface area (Å²) in [6.07, 6.45) is -0.793. The second-order valence-corrected chi connectivity index (χ2v) is 5.45. The van der Waals surface area contributed by atoms with Crippen LogP contribution in [0.15, 0.2) is 47.6 Å². The molecule has 7 heteroatoms. The maximum atomic E-state index is 12.1. The van der Waals surface area contributed by atoms with E-state index >= 15 is 0 Å². The molecule has 0 aliphatic carbocycles. The number of nitriles is 1. The molecule has 1 atom stereocenters. The molecule has 0 fully saturated rings. The van der Waals surface area contributed by atoms with Gasteiger partial charge >= 0.3 is 0 Å². The predicted molar refractivity (Wildman–Crippen MR) is 96.3 cm³/mol. The molecule has 2 N–H and O–H groups in total. The van der Waals surface area contributed by atoms with Crippen molar-refractivity contribution in [3.05, 3.63) is 53.6 Å². The van der Waals surface area contributed by atoms with Crippen LogP contribution in [0, 0.1) is 11.3 Å². The molecular weight excluding hydrogens is 334 g/mol. The van der Waals surface area contributed by atoms with E-state index in [1.165, 1.54) is 13.2 Å². The van der Waals surface area contributed by atoms with E-state index in [9.17, 15) is 9.90 Å². The van der Waals surface area contributed by atoms with Crippen LogP contribution in [0.2, 0.25) is 0 Å². The van der Waals surface area contributed by atoms with E-state index < -0.39 is 12.0 Å². The number of rotatable bonds is 6. The lowest BCUT2D eigenvalue weighted by Gasteiger charge is -2.13. The van der Waals surface area contributed by atoms with Crippen molar-refractivity contribution in [1.82, 2.24) is 5.43 Å². The summed E-state index contributed by atoms with van der Waals surface area (Å²) >= 11 is 0. The lowest BCUT2D eigenvalue weighted by Crippen LogP contribution is -2.33. The molecule has 0 saturated carbocycles. The number of phenols is 1. The van der Waals surface area contributed by atoms with Gasteiger partial charge in [-0.2, -0.15) is 10.4 Å². The van der Waals surface area contributed by atoms with E-state index in [0.717, 1.165) is 0 Å². The first-order valence-corrected chi connectivity index (χ1v) is 7.83.